The number of nitrogens with zero attached hydrogens (tertiary/aromatic N) is 4. The molecule has 0 bridgehead atoms. The number of rotatable bonds is 7. The number of halogens is 1. The zero-order valence-corrected chi connectivity index (χ0v) is 13.1. The van der Waals surface area contributed by atoms with E-state index in [4.69, 9.17) is 4.74 Å². The van der Waals surface area contributed by atoms with Crippen LogP contribution in [0.15, 0.2) is 24.5 Å². The van der Waals surface area contributed by atoms with Crippen molar-refractivity contribution < 1.29 is 9.66 Å². The lowest BCUT2D eigenvalue weighted by Crippen LogP contribution is -2.09. The molecular formula is C13H15BrN4O3. The molecule has 1 aromatic carbocycles. The van der Waals surface area contributed by atoms with E-state index < -0.39 is 4.92 Å². The Morgan fingerprint density at radius 3 is 2.95 bits per heavy atom. The standard InChI is InChI=1S/C13H15BrN4O3/c1-2-5-17-13(15-9-16-17)8-21-12-6-10(7-14)3-4-11(12)18(19)20/h3-4,6,9H,2,5,7-8H2,1H3. The van der Waals surface area contributed by atoms with Crippen LogP contribution in [0.25, 0.3) is 0 Å². The summed E-state index contributed by atoms with van der Waals surface area (Å²) in [7, 11) is 0. The highest BCUT2D eigenvalue weighted by molar-refractivity contribution is 9.08. The second-order valence-electron chi connectivity index (χ2n) is 4.38. The van der Waals surface area contributed by atoms with Crippen LogP contribution in [0.1, 0.15) is 24.7 Å². The third-order valence-corrected chi connectivity index (χ3v) is 3.51. The smallest absolute Gasteiger partial charge is 0.310 e. The van der Waals surface area contributed by atoms with Crippen molar-refractivity contribution in [2.24, 2.45) is 0 Å². The number of nitro benzene ring substituents is 1. The van der Waals surface area contributed by atoms with Crippen molar-refractivity contribution in [3.63, 3.8) is 0 Å². The second kappa shape index (κ2) is 7.16. The minimum absolute atomic E-state index is 0.0544. The van der Waals surface area contributed by atoms with E-state index in [0.717, 1.165) is 18.5 Å². The summed E-state index contributed by atoms with van der Waals surface area (Å²) in [5, 5.41) is 15.7. The molecule has 0 saturated heterocycles. The molecule has 2 rings (SSSR count). The number of hydrogen-bond acceptors (Lipinski definition) is 5. The monoisotopic (exact) mass is 354 g/mol. The molecule has 7 nitrogen and oxygen atoms in total. The van der Waals surface area contributed by atoms with E-state index in [1.54, 1.807) is 16.8 Å². The summed E-state index contributed by atoms with van der Waals surface area (Å²) in [6.45, 7) is 2.92. The molecule has 0 N–H and O–H groups in total. The minimum Gasteiger partial charge on any atom is -0.479 e. The van der Waals surface area contributed by atoms with Crippen LogP contribution < -0.4 is 4.74 Å². The Hall–Kier alpha value is -1.96. The molecule has 0 amide bonds. The third-order valence-electron chi connectivity index (χ3n) is 2.86. The highest BCUT2D eigenvalue weighted by Crippen LogP contribution is 2.29. The van der Waals surface area contributed by atoms with Gasteiger partial charge in [-0.25, -0.2) is 9.67 Å². The zero-order chi connectivity index (χ0) is 15.2. The average Bonchev–Trinajstić information content (AvgIpc) is 2.92. The van der Waals surface area contributed by atoms with Gasteiger partial charge in [0.1, 0.15) is 12.9 Å². The summed E-state index contributed by atoms with van der Waals surface area (Å²) in [5.41, 5.74) is 0.854. The summed E-state index contributed by atoms with van der Waals surface area (Å²) in [5.74, 6) is 0.887. The molecule has 0 aliphatic heterocycles. The minimum atomic E-state index is -0.454. The highest BCUT2D eigenvalue weighted by Gasteiger charge is 2.16. The molecule has 0 atom stereocenters. The van der Waals surface area contributed by atoms with Gasteiger partial charge >= 0.3 is 5.69 Å². The molecule has 8 heteroatoms. The van der Waals surface area contributed by atoms with Crippen molar-refractivity contribution in [1.82, 2.24) is 14.8 Å². The van der Waals surface area contributed by atoms with Gasteiger partial charge in [0.25, 0.3) is 0 Å². The van der Waals surface area contributed by atoms with Crippen molar-refractivity contribution in [2.75, 3.05) is 0 Å². The average molecular weight is 355 g/mol. The first-order valence-electron chi connectivity index (χ1n) is 6.48. The second-order valence-corrected chi connectivity index (χ2v) is 4.94. The molecule has 0 aliphatic rings. The van der Waals surface area contributed by atoms with E-state index >= 15 is 0 Å². The predicted octanol–water partition coefficient (Wildman–Crippen LogP) is 3.07. The molecule has 112 valence electrons. The lowest BCUT2D eigenvalue weighted by molar-refractivity contribution is -0.386. The quantitative estimate of drug-likeness (QED) is 0.433. The molecule has 0 unspecified atom stereocenters. The Balaban J connectivity index is 2.18. The fourth-order valence-electron chi connectivity index (χ4n) is 1.85. The fraction of sp³-hybridized carbons (Fsp3) is 0.385. The molecular weight excluding hydrogens is 340 g/mol. The van der Waals surface area contributed by atoms with Gasteiger partial charge < -0.3 is 4.74 Å². The van der Waals surface area contributed by atoms with Gasteiger partial charge in [-0.3, -0.25) is 10.1 Å². The zero-order valence-electron chi connectivity index (χ0n) is 11.5. The topological polar surface area (TPSA) is 83.1 Å². The Kier molecular flexibility index (Phi) is 5.26. The predicted molar refractivity (Wildman–Crippen MR) is 80.4 cm³/mol. The number of nitro groups is 1. The molecule has 0 aliphatic carbocycles. The van der Waals surface area contributed by atoms with E-state index in [2.05, 4.69) is 26.0 Å². The SMILES string of the molecule is CCCn1ncnc1COc1cc(CBr)ccc1[N+](=O)[O-]. The first kappa shape index (κ1) is 15.4. The number of ether oxygens (including phenoxy) is 1. The summed E-state index contributed by atoms with van der Waals surface area (Å²) in [6.07, 6.45) is 2.38. The Labute approximate surface area is 130 Å². The van der Waals surface area contributed by atoms with Crippen LogP contribution in [0, 0.1) is 10.1 Å². The van der Waals surface area contributed by atoms with E-state index in [1.807, 2.05) is 6.92 Å². The van der Waals surface area contributed by atoms with Crippen LogP contribution in [-0.4, -0.2) is 19.7 Å². The number of aromatic nitrogens is 3. The van der Waals surface area contributed by atoms with Gasteiger partial charge in [0.15, 0.2) is 11.6 Å². The fourth-order valence-corrected chi connectivity index (χ4v) is 2.20. The van der Waals surface area contributed by atoms with Gasteiger partial charge in [0.2, 0.25) is 0 Å². The van der Waals surface area contributed by atoms with Crippen molar-refractivity contribution in [3.05, 3.63) is 46.0 Å². The molecule has 0 fully saturated rings. The Morgan fingerprint density at radius 1 is 1.48 bits per heavy atom. The van der Waals surface area contributed by atoms with Crippen molar-refractivity contribution >= 4 is 21.6 Å². The number of alkyl halides is 1. The lowest BCUT2D eigenvalue weighted by atomic mass is 10.2. The molecule has 2 aromatic rings. The summed E-state index contributed by atoms with van der Waals surface area (Å²) in [6, 6.07) is 4.80. The van der Waals surface area contributed by atoms with Gasteiger partial charge in [-0.1, -0.05) is 28.9 Å². The first-order chi connectivity index (χ1) is 10.2. The molecule has 1 heterocycles. The molecule has 0 radical (unpaired) electrons. The Bertz CT molecular complexity index is 630. The number of aryl methyl sites for hydroxylation is 1. The maximum Gasteiger partial charge on any atom is 0.310 e. The van der Waals surface area contributed by atoms with Gasteiger partial charge in [0.05, 0.1) is 4.92 Å². The Morgan fingerprint density at radius 2 is 2.29 bits per heavy atom. The van der Waals surface area contributed by atoms with E-state index in [9.17, 15) is 10.1 Å². The summed E-state index contributed by atoms with van der Waals surface area (Å²) >= 11 is 3.32. The van der Waals surface area contributed by atoms with Crippen molar-refractivity contribution in [2.45, 2.75) is 31.8 Å². The summed E-state index contributed by atoms with van der Waals surface area (Å²) < 4.78 is 7.32. The van der Waals surface area contributed by atoms with Crippen LogP contribution in [-0.2, 0) is 18.5 Å². The van der Waals surface area contributed by atoms with Crippen LogP contribution in [0.4, 0.5) is 5.69 Å². The molecule has 0 saturated carbocycles. The van der Waals surface area contributed by atoms with E-state index in [0.29, 0.717) is 11.2 Å². The molecule has 0 spiro atoms. The third kappa shape index (κ3) is 3.78. The lowest BCUT2D eigenvalue weighted by Gasteiger charge is -2.08. The van der Waals surface area contributed by atoms with Crippen LogP contribution >= 0.6 is 15.9 Å². The molecule has 1 aromatic heterocycles. The highest BCUT2D eigenvalue weighted by atomic mass is 79.9. The number of hydrogen-bond donors (Lipinski definition) is 0. The van der Waals surface area contributed by atoms with Crippen LogP contribution in [0.3, 0.4) is 0 Å². The van der Waals surface area contributed by atoms with Gasteiger partial charge in [-0.05, 0) is 18.1 Å². The van der Waals surface area contributed by atoms with Gasteiger partial charge in [-0.2, -0.15) is 5.10 Å². The van der Waals surface area contributed by atoms with E-state index in [-0.39, 0.29) is 18.0 Å². The van der Waals surface area contributed by atoms with Gasteiger partial charge in [-0.15, -0.1) is 0 Å². The largest absolute Gasteiger partial charge is 0.479 e. The maximum atomic E-state index is 11.0. The first-order valence-corrected chi connectivity index (χ1v) is 7.60. The number of benzene rings is 1. The maximum absolute atomic E-state index is 11.0. The van der Waals surface area contributed by atoms with Crippen LogP contribution in [0.5, 0.6) is 5.75 Å². The van der Waals surface area contributed by atoms with E-state index in [1.165, 1.54) is 12.4 Å². The molecule has 21 heavy (non-hydrogen) atoms. The summed E-state index contributed by atoms with van der Waals surface area (Å²) in [4.78, 5) is 14.7. The van der Waals surface area contributed by atoms with Gasteiger partial charge in [0, 0.05) is 17.9 Å². The normalized spacial score (nSPS) is 10.6. The van der Waals surface area contributed by atoms with Crippen LogP contribution in [0.2, 0.25) is 0 Å². The van der Waals surface area contributed by atoms with Crippen molar-refractivity contribution in [1.29, 1.82) is 0 Å². The van der Waals surface area contributed by atoms with Crippen molar-refractivity contribution in [3.8, 4) is 5.75 Å².